The first-order chi connectivity index (χ1) is 13.8. The SMILES string of the molecule is O=C(Nc1ccc2c3c1C1C=CCC1CN3CC1CC=CC21)c1ccccc1. The highest BCUT2D eigenvalue weighted by Crippen LogP contribution is 2.54. The third-order valence-corrected chi connectivity index (χ3v) is 7.03. The molecule has 1 N–H and O–H groups in total. The molecule has 0 spiro atoms. The molecule has 2 aromatic rings. The van der Waals surface area contributed by atoms with Crippen molar-refractivity contribution < 1.29 is 4.79 Å². The van der Waals surface area contributed by atoms with E-state index in [-0.39, 0.29) is 5.91 Å². The molecule has 3 heteroatoms. The number of anilines is 2. The molecule has 0 aromatic heterocycles. The summed E-state index contributed by atoms with van der Waals surface area (Å²) in [4.78, 5) is 15.5. The first-order valence-corrected chi connectivity index (χ1v) is 10.4. The number of hydrogen-bond acceptors (Lipinski definition) is 2. The van der Waals surface area contributed by atoms with Gasteiger partial charge in [-0.3, -0.25) is 4.79 Å². The molecule has 0 saturated carbocycles. The van der Waals surface area contributed by atoms with E-state index >= 15 is 0 Å². The van der Waals surface area contributed by atoms with Crippen molar-refractivity contribution in [3.63, 3.8) is 0 Å². The molecule has 2 heterocycles. The lowest BCUT2D eigenvalue weighted by Gasteiger charge is -2.46. The first-order valence-electron chi connectivity index (χ1n) is 10.4. The normalized spacial score (nSPS) is 28.6. The molecule has 0 radical (unpaired) electrons. The highest BCUT2D eigenvalue weighted by Gasteiger charge is 2.43. The summed E-state index contributed by atoms with van der Waals surface area (Å²) in [5.74, 6) is 2.25. The zero-order chi connectivity index (χ0) is 18.7. The lowest BCUT2D eigenvalue weighted by atomic mass is 9.74. The number of nitrogens with one attached hydrogen (secondary N) is 1. The Morgan fingerprint density at radius 1 is 0.893 bits per heavy atom. The smallest absolute Gasteiger partial charge is 0.255 e. The molecule has 2 aliphatic heterocycles. The van der Waals surface area contributed by atoms with Crippen LogP contribution in [0.1, 0.15) is 46.2 Å². The van der Waals surface area contributed by atoms with Crippen LogP contribution in [0.4, 0.5) is 11.4 Å². The van der Waals surface area contributed by atoms with E-state index in [1.54, 1.807) is 0 Å². The fourth-order valence-electron chi connectivity index (χ4n) is 5.77. The number of fused-ring (bicyclic) bond motifs is 4. The summed E-state index contributed by atoms with van der Waals surface area (Å²) in [6.45, 7) is 2.27. The van der Waals surface area contributed by atoms with Gasteiger partial charge in [0.1, 0.15) is 0 Å². The molecule has 2 aliphatic carbocycles. The summed E-state index contributed by atoms with van der Waals surface area (Å²) < 4.78 is 0. The van der Waals surface area contributed by atoms with Crippen molar-refractivity contribution in [1.29, 1.82) is 0 Å². The van der Waals surface area contributed by atoms with Gasteiger partial charge in [-0.1, -0.05) is 48.6 Å². The zero-order valence-electron chi connectivity index (χ0n) is 15.8. The second-order valence-electron chi connectivity index (χ2n) is 8.59. The summed E-state index contributed by atoms with van der Waals surface area (Å²) >= 11 is 0. The van der Waals surface area contributed by atoms with Crippen LogP contribution in [0.15, 0.2) is 66.8 Å². The minimum atomic E-state index is -0.0260. The van der Waals surface area contributed by atoms with Gasteiger partial charge in [-0.05, 0) is 48.4 Å². The summed E-state index contributed by atoms with van der Waals surface area (Å²) in [5.41, 5.74) is 5.88. The number of amides is 1. The average Bonchev–Trinajstić information content (AvgIpc) is 3.39. The van der Waals surface area contributed by atoms with Gasteiger partial charge >= 0.3 is 0 Å². The topological polar surface area (TPSA) is 32.3 Å². The maximum Gasteiger partial charge on any atom is 0.255 e. The van der Waals surface area contributed by atoms with E-state index in [1.165, 1.54) is 23.2 Å². The predicted octanol–water partition coefficient (Wildman–Crippen LogP) is 5.09. The summed E-state index contributed by atoms with van der Waals surface area (Å²) in [6.07, 6.45) is 11.8. The van der Waals surface area contributed by atoms with E-state index in [0.717, 1.165) is 25.2 Å². The Balaban J connectivity index is 1.47. The van der Waals surface area contributed by atoms with Crippen molar-refractivity contribution in [1.82, 2.24) is 0 Å². The summed E-state index contributed by atoms with van der Waals surface area (Å²) in [7, 11) is 0. The van der Waals surface area contributed by atoms with Crippen molar-refractivity contribution >= 4 is 17.3 Å². The number of hydrogen-bond donors (Lipinski definition) is 1. The van der Waals surface area contributed by atoms with E-state index in [1.807, 2.05) is 30.3 Å². The molecule has 0 saturated heterocycles. The van der Waals surface area contributed by atoms with Gasteiger partial charge in [-0.25, -0.2) is 0 Å². The molecule has 4 aliphatic rings. The predicted molar refractivity (Wildman–Crippen MR) is 113 cm³/mol. The fourth-order valence-corrected chi connectivity index (χ4v) is 5.77. The molecule has 0 bridgehead atoms. The van der Waals surface area contributed by atoms with Gasteiger partial charge in [0.25, 0.3) is 5.91 Å². The maximum atomic E-state index is 12.9. The molecular formula is C25H24N2O. The minimum Gasteiger partial charge on any atom is -0.370 e. The van der Waals surface area contributed by atoms with Crippen LogP contribution >= 0.6 is 0 Å². The molecule has 0 fully saturated rings. The van der Waals surface area contributed by atoms with Crippen LogP contribution in [-0.2, 0) is 0 Å². The third kappa shape index (κ3) is 2.32. The number of allylic oxidation sites excluding steroid dienone is 4. The lowest BCUT2D eigenvalue weighted by molar-refractivity contribution is 0.102. The van der Waals surface area contributed by atoms with Gasteiger partial charge in [0.15, 0.2) is 0 Å². The largest absolute Gasteiger partial charge is 0.370 e. The van der Waals surface area contributed by atoms with Crippen molar-refractivity contribution in [2.24, 2.45) is 11.8 Å². The molecule has 2 aromatic carbocycles. The number of nitrogens with zero attached hydrogens (tertiary/aromatic N) is 1. The summed E-state index contributed by atoms with van der Waals surface area (Å²) in [5, 5.41) is 3.24. The Labute approximate surface area is 165 Å². The van der Waals surface area contributed by atoms with E-state index < -0.39 is 0 Å². The standard InChI is InChI=1S/C25H24N2O/c28-25(16-6-2-1-3-7-16)26-22-13-12-21-19-10-4-8-17(19)14-27-15-18-9-5-11-20(18)23(22)24(21)27/h1-7,10-13,17-20H,8-9,14-15H2,(H,26,28). The molecule has 28 heavy (non-hydrogen) atoms. The molecule has 1 amide bonds. The van der Waals surface area contributed by atoms with Gasteiger partial charge in [0, 0.05) is 47.4 Å². The highest BCUT2D eigenvalue weighted by molar-refractivity contribution is 6.05. The van der Waals surface area contributed by atoms with Crippen LogP contribution in [0, 0.1) is 11.8 Å². The zero-order valence-corrected chi connectivity index (χ0v) is 15.8. The Morgan fingerprint density at radius 3 is 2.39 bits per heavy atom. The fraction of sp³-hybridized carbons (Fsp3) is 0.320. The molecule has 140 valence electrons. The van der Waals surface area contributed by atoms with Crippen molar-refractivity contribution in [2.75, 3.05) is 23.3 Å². The first kappa shape index (κ1) is 16.2. The van der Waals surface area contributed by atoms with Crippen LogP contribution in [0.3, 0.4) is 0 Å². The summed E-state index contributed by atoms with van der Waals surface area (Å²) in [6, 6.07) is 13.9. The van der Waals surface area contributed by atoms with Gasteiger partial charge in [-0.15, -0.1) is 0 Å². The highest BCUT2D eigenvalue weighted by atomic mass is 16.1. The van der Waals surface area contributed by atoms with Crippen LogP contribution in [0.25, 0.3) is 0 Å². The molecule has 6 rings (SSSR count). The molecule has 3 nitrogen and oxygen atoms in total. The Hall–Kier alpha value is -2.81. The monoisotopic (exact) mass is 368 g/mol. The Kier molecular flexibility index (Phi) is 3.52. The van der Waals surface area contributed by atoms with E-state index in [4.69, 9.17) is 0 Å². The third-order valence-electron chi connectivity index (χ3n) is 7.03. The van der Waals surface area contributed by atoms with Gasteiger partial charge < -0.3 is 10.2 Å². The van der Waals surface area contributed by atoms with E-state index in [2.05, 4.69) is 46.7 Å². The number of carbonyl (C=O) groups excluding carboxylic acids is 1. The second kappa shape index (κ2) is 6.10. The Morgan fingerprint density at radius 2 is 1.61 bits per heavy atom. The van der Waals surface area contributed by atoms with Crippen molar-refractivity contribution in [3.05, 3.63) is 83.5 Å². The van der Waals surface area contributed by atoms with Crippen molar-refractivity contribution in [2.45, 2.75) is 24.7 Å². The van der Waals surface area contributed by atoms with Crippen LogP contribution < -0.4 is 10.2 Å². The quantitative estimate of drug-likeness (QED) is 0.749. The van der Waals surface area contributed by atoms with E-state index in [9.17, 15) is 4.79 Å². The Bertz CT molecular complexity index is 1000. The number of rotatable bonds is 2. The van der Waals surface area contributed by atoms with Crippen LogP contribution in [-0.4, -0.2) is 19.0 Å². The van der Waals surface area contributed by atoms with Gasteiger partial charge in [0.2, 0.25) is 0 Å². The molecular weight excluding hydrogens is 344 g/mol. The van der Waals surface area contributed by atoms with Gasteiger partial charge in [-0.2, -0.15) is 0 Å². The lowest BCUT2D eigenvalue weighted by Crippen LogP contribution is -2.44. The average molecular weight is 368 g/mol. The van der Waals surface area contributed by atoms with E-state index in [0.29, 0.717) is 29.2 Å². The van der Waals surface area contributed by atoms with Gasteiger partial charge in [0.05, 0.1) is 0 Å². The second-order valence-corrected chi connectivity index (χ2v) is 8.59. The number of benzene rings is 2. The van der Waals surface area contributed by atoms with Crippen LogP contribution in [0.2, 0.25) is 0 Å². The molecule has 4 unspecified atom stereocenters. The van der Waals surface area contributed by atoms with Crippen LogP contribution in [0.5, 0.6) is 0 Å². The maximum absolute atomic E-state index is 12.9. The molecule has 4 atom stereocenters. The van der Waals surface area contributed by atoms with Crippen molar-refractivity contribution in [3.8, 4) is 0 Å². The minimum absolute atomic E-state index is 0.0260. The number of carbonyl (C=O) groups is 1.